The molecule has 92 valence electrons. The van der Waals surface area contributed by atoms with E-state index in [0.29, 0.717) is 6.61 Å². The third-order valence-corrected chi connectivity index (χ3v) is 1.83. The van der Waals surface area contributed by atoms with Crippen LogP contribution in [0.25, 0.3) is 0 Å². The zero-order valence-electron chi connectivity index (χ0n) is 9.64. The van der Waals surface area contributed by atoms with Crippen molar-refractivity contribution in [3.05, 3.63) is 29.6 Å². The topological polar surface area (TPSA) is 88.5 Å². The molecule has 0 saturated carbocycles. The van der Waals surface area contributed by atoms with Crippen molar-refractivity contribution in [2.24, 2.45) is 5.92 Å². The Bertz CT molecular complexity index is 418. The zero-order valence-corrected chi connectivity index (χ0v) is 9.64. The van der Waals surface area contributed by atoms with Crippen LogP contribution in [0, 0.1) is 5.92 Å². The number of aromatic carboxylic acids is 1. The van der Waals surface area contributed by atoms with Crippen LogP contribution in [-0.4, -0.2) is 28.6 Å². The highest BCUT2D eigenvalue weighted by molar-refractivity contribution is 6.02. The summed E-state index contributed by atoms with van der Waals surface area (Å²) in [6.07, 6.45) is 1.35. The maximum Gasteiger partial charge on any atom is 0.338 e. The Kier molecular flexibility index (Phi) is 4.59. The lowest BCUT2D eigenvalue weighted by atomic mass is 10.2. The first-order chi connectivity index (χ1) is 8.02. The number of hydrogen-bond donors (Lipinski definition) is 2. The molecule has 6 nitrogen and oxygen atoms in total. The van der Waals surface area contributed by atoms with Crippen molar-refractivity contribution in [1.82, 2.24) is 10.5 Å². The molecule has 1 aromatic rings. The number of carboxylic acid groups (broad SMARTS) is 1. The molecule has 0 aromatic carbocycles. The Hall–Kier alpha value is -1.95. The first-order valence-electron chi connectivity index (χ1n) is 5.12. The molecule has 1 rings (SSSR count). The number of nitrogens with one attached hydrogen (secondary N) is 1. The fourth-order valence-electron chi connectivity index (χ4n) is 1.08. The van der Waals surface area contributed by atoms with Gasteiger partial charge in [0.05, 0.1) is 12.2 Å². The minimum absolute atomic E-state index is 0.154. The number of carboxylic acids is 1. The van der Waals surface area contributed by atoms with Gasteiger partial charge in [-0.25, -0.2) is 10.3 Å². The Labute approximate surface area is 98.6 Å². The summed E-state index contributed by atoms with van der Waals surface area (Å²) in [7, 11) is 0. The molecule has 0 unspecified atom stereocenters. The maximum atomic E-state index is 11.6. The van der Waals surface area contributed by atoms with Crippen molar-refractivity contribution in [3.8, 4) is 0 Å². The Morgan fingerprint density at radius 2 is 2.24 bits per heavy atom. The van der Waals surface area contributed by atoms with Crippen molar-refractivity contribution < 1.29 is 19.5 Å². The largest absolute Gasteiger partial charge is 0.478 e. The molecule has 0 spiro atoms. The fourth-order valence-corrected chi connectivity index (χ4v) is 1.08. The zero-order chi connectivity index (χ0) is 12.8. The number of pyridine rings is 1. The van der Waals surface area contributed by atoms with Gasteiger partial charge in [0.15, 0.2) is 0 Å². The molecule has 1 aromatic heterocycles. The van der Waals surface area contributed by atoms with Crippen molar-refractivity contribution in [2.75, 3.05) is 6.61 Å². The molecule has 1 heterocycles. The molecular weight excluding hydrogens is 224 g/mol. The lowest BCUT2D eigenvalue weighted by Gasteiger charge is -2.08. The highest BCUT2D eigenvalue weighted by atomic mass is 16.6. The third-order valence-electron chi connectivity index (χ3n) is 1.83. The van der Waals surface area contributed by atoms with Gasteiger partial charge in [-0.1, -0.05) is 13.8 Å². The van der Waals surface area contributed by atoms with Gasteiger partial charge < -0.3 is 5.11 Å². The molecule has 0 bridgehead atoms. The third kappa shape index (κ3) is 3.84. The average Bonchev–Trinajstić information content (AvgIpc) is 2.28. The molecule has 0 aliphatic carbocycles. The van der Waals surface area contributed by atoms with E-state index >= 15 is 0 Å². The summed E-state index contributed by atoms with van der Waals surface area (Å²) in [5.74, 6) is -1.60. The number of hydrogen-bond acceptors (Lipinski definition) is 4. The molecule has 2 N–H and O–H groups in total. The van der Waals surface area contributed by atoms with Crippen LogP contribution in [0.5, 0.6) is 0 Å². The molecule has 0 fully saturated rings. The second-order valence-corrected chi connectivity index (χ2v) is 3.84. The predicted molar refractivity (Wildman–Crippen MR) is 59.5 cm³/mol. The molecule has 0 atom stereocenters. The summed E-state index contributed by atoms with van der Waals surface area (Å²) in [4.78, 5) is 31.1. The van der Waals surface area contributed by atoms with Gasteiger partial charge in [0.1, 0.15) is 5.69 Å². The average molecular weight is 238 g/mol. The first-order valence-corrected chi connectivity index (χ1v) is 5.12. The summed E-state index contributed by atoms with van der Waals surface area (Å²) < 4.78 is 0. The second kappa shape index (κ2) is 5.95. The number of hydroxylamine groups is 1. The summed E-state index contributed by atoms with van der Waals surface area (Å²) in [6, 6.07) is 2.77. The number of amides is 1. The van der Waals surface area contributed by atoms with Crippen LogP contribution in [0.4, 0.5) is 0 Å². The predicted octanol–water partition coefficient (Wildman–Crippen LogP) is 1.10. The van der Waals surface area contributed by atoms with Gasteiger partial charge in [0.2, 0.25) is 0 Å². The number of carbonyl (C=O) groups excluding carboxylic acids is 1. The first kappa shape index (κ1) is 13.1. The summed E-state index contributed by atoms with van der Waals surface area (Å²) in [6.45, 7) is 4.20. The van der Waals surface area contributed by atoms with E-state index in [1.165, 1.54) is 18.3 Å². The standard InChI is InChI=1S/C11H14N2O4/c1-7(2)6-17-13-10(14)9-8(11(15)16)4-3-5-12-9/h3-5,7H,6H2,1-2H3,(H,13,14)(H,15,16). The lowest BCUT2D eigenvalue weighted by molar-refractivity contribution is 0.0202. The Morgan fingerprint density at radius 3 is 2.82 bits per heavy atom. The van der Waals surface area contributed by atoms with E-state index in [-0.39, 0.29) is 17.2 Å². The van der Waals surface area contributed by atoms with E-state index in [1.807, 2.05) is 13.8 Å². The normalized spacial score (nSPS) is 10.3. The second-order valence-electron chi connectivity index (χ2n) is 3.84. The molecule has 0 radical (unpaired) electrons. The maximum absolute atomic E-state index is 11.6. The molecule has 6 heteroatoms. The monoisotopic (exact) mass is 238 g/mol. The van der Waals surface area contributed by atoms with Crippen molar-refractivity contribution >= 4 is 11.9 Å². The Balaban J connectivity index is 2.72. The van der Waals surface area contributed by atoms with Crippen molar-refractivity contribution in [1.29, 1.82) is 0 Å². The number of carbonyl (C=O) groups is 2. The molecular formula is C11H14N2O4. The summed E-state index contributed by atoms with van der Waals surface area (Å²) >= 11 is 0. The van der Waals surface area contributed by atoms with Crippen LogP contribution in [0.15, 0.2) is 18.3 Å². The highest BCUT2D eigenvalue weighted by Gasteiger charge is 2.17. The van der Waals surface area contributed by atoms with Crippen LogP contribution < -0.4 is 5.48 Å². The van der Waals surface area contributed by atoms with Gasteiger partial charge in [-0.2, -0.15) is 0 Å². The van der Waals surface area contributed by atoms with Crippen LogP contribution in [0.2, 0.25) is 0 Å². The van der Waals surface area contributed by atoms with E-state index in [1.54, 1.807) is 0 Å². The van der Waals surface area contributed by atoms with Crippen LogP contribution in [-0.2, 0) is 4.84 Å². The van der Waals surface area contributed by atoms with Gasteiger partial charge in [-0.05, 0) is 18.1 Å². The van der Waals surface area contributed by atoms with Crippen LogP contribution in [0.1, 0.15) is 34.7 Å². The number of rotatable bonds is 5. The van der Waals surface area contributed by atoms with E-state index in [9.17, 15) is 9.59 Å². The quantitative estimate of drug-likeness (QED) is 0.750. The minimum atomic E-state index is -1.20. The smallest absolute Gasteiger partial charge is 0.338 e. The molecule has 17 heavy (non-hydrogen) atoms. The van der Waals surface area contributed by atoms with Crippen LogP contribution in [0.3, 0.4) is 0 Å². The van der Waals surface area contributed by atoms with Gasteiger partial charge in [-0.3, -0.25) is 14.6 Å². The molecule has 0 saturated heterocycles. The van der Waals surface area contributed by atoms with Gasteiger partial charge in [0.25, 0.3) is 5.91 Å². The van der Waals surface area contributed by atoms with Gasteiger partial charge in [0, 0.05) is 6.20 Å². The highest BCUT2D eigenvalue weighted by Crippen LogP contribution is 2.05. The molecule has 0 aliphatic heterocycles. The van der Waals surface area contributed by atoms with Crippen molar-refractivity contribution in [3.63, 3.8) is 0 Å². The van der Waals surface area contributed by atoms with Crippen molar-refractivity contribution in [2.45, 2.75) is 13.8 Å². The van der Waals surface area contributed by atoms with E-state index in [2.05, 4.69) is 10.5 Å². The SMILES string of the molecule is CC(C)CONC(=O)c1ncccc1C(=O)O. The summed E-state index contributed by atoms with van der Waals surface area (Å²) in [5, 5.41) is 8.87. The number of nitrogens with zero attached hydrogens (tertiary/aromatic N) is 1. The van der Waals surface area contributed by atoms with E-state index in [4.69, 9.17) is 9.94 Å². The summed E-state index contributed by atoms with van der Waals surface area (Å²) in [5.41, 5.74) is 1.84. The van der Waals surface area contributed by atoms with Crippen LogP contribution >= 0.6 is 0 Å². The number of aromatic nitrogens is 1. The fraction of sp³-hybridized carbons (Fsp3) is 0.364. The lowest BCUT2D eigenvalue weighted by Crippen LogP contribution is -2.28. The minimum Gasteiger partial charge on any atom is -0.478 e. The Morgan fingerprint density at radius 1 is 1.53 bits per heavy atom. The van der Waals surface area contributed by atoms with Gasteiger partial charge in [-0.15, -0.1) is 0 Å². The molecule has 0 aliphatic rings. The van der Waals surface area contributed by atoms with E-state index in [0.717, 1.165) is 0 Å². The van der Waals surface area contributed by atoms with E-state index < -0.39 is 11.9 Å². The molecule has 1 amide bonds. The van der Waals surface area contributed by atoms with Gasteiger partial charge >= 0.3 is 5.97 Å².